The molecule has 2 rings (SSSR count). The van der Waals surface area contributed by atoms with Crippen LogP contribution >= 0.6 is 0 Å². The molecule has 1 saturated carbocycles. The van der Waals surface area contributed by atoms with Gasteiger partial charge in [-0.25, -0.2) is 4.79 Å². The van der Waals surface area contributed by atoms with Gasteiger partial charge in [0.25, 0.3) is 0 Å². The number of carboxylic acids is 1. The predicted molar refractivity (Wildman–Crippen MR) is 80.2 cm³/mol. The lowest BCUT2D eigenvalue weighted by molar-refractivity contribution is -0.143. The summed E-state index contributed by atoms with van der Waals surface area (Å²) < 4.78 is 37.9. The highest BCUT2D eigenvalue weighted by Gasteiger charge is 2.30. The molecule has 0 radical (unpaired) electrons. The third kappa shape index (κ3) is 5.14. The van der Waals surface area contributed by atoms with E-state index in [2.05, 4.69) is 10.6 Å². The van der Waals surface area contributed by atoms with E-state index in [1.54, 1.807) is 0 Å². The number of benzene rings is 1. The van der Waals surface area contributed by atoms with Gasteiger partial charge in [-0.1, -0.05) is 12.1 Å². The zero-order chi connectivity index (χ0) is 17.7. The summed E-state index contributed by atoms with van der Waals surface area (Å²) in [5.74, 6) is -1.18. The van der Waals surface area contributed by atoms with E-state index in [1.807, 2.05) is 0 Å². The molecule has 5 nitrogen and oxygen atoms in total. The number of hydrogen-bond donors (Lipinski definition) is 3. The van der Waals surface area contributed by atoms with Crippen molar-refractivity contribution in [3.05, 3.63) is 35.4 Å². The fourth-order valence-corrected chi connectivity index (χ4v) is 2.76. The first kappa shape index (κ1) is 18.1. The molecule has 0 aromatic heterocycles. The van der Waals surface area contributed by atoms with E-state index < -0.39 is 23.7 Å². The Hall–Kier alpha value is -2.25. The Morgan fingerprint density at radius 1 is 1.17 bits per heavy atom. The van der Waals surface area contributed by atoms with Gasteiger partial charge in [-0.15, -0.1) is 0 Å². The van der Waals surface area contributed by atoms with Crippen LogP contribution in [-0.2, 0) is 17.5 Å². The van der Waals surface area contributed by atoms with E-state index in [9.17, 15) is 22.8 Å². The number of carbonyl (C=O) groups is 2. The van der Waals surface area contributed by atoms with Crippen molar-refractivity contribution in [2.45, 2.75) is 44.4 Å². The zero-order valence-corrected chi connectivity index (χ0v) is 12.9. The van der Waals surface area contributed by atoms with Crippen molar-refractivity contribution in [2.75, 3.05) is 0 Å². The minimum atomic E-state index is -4.42. The SMILES string of the molecule is O=C(NCc1cccc(C(F)(F)F)c1)NC1CCC(C(=O)O)CC1. The van der Waals surface area contributed by atoms with Crippen molar-refractivity contribution in [1.29, 1.82) is 0 Å². The predicted octanol–water partition coefficient (Wildman–Crippen LogP) is 3.15. The van der Waals surface area contributed by atoms with Gasteiger partial charge in [0, 0.05) is 12.6 Å². The van der Waals surface area contributed by atoms with Gasteiger partial charge in [-0.2, -0.15) is 13.2 Å². The second kappa shape index (κ2) is 7.55. The molecule has 0 atom stereocenters. The standard InChI is InChI=1S/C16H19F3N2O3/c17-16(18,19)12-3-1-2-10(8-12)9-20-15(24)21-13-6-4-11(5-7-13)14(22)23/h1-3,8,11,13H,4-7,9H2,(H,22,23)(H2,20,21,24). The summed E-state index contributed by atoms with van der Waals surface area (Å²) in [5, 5.41) is 14.2. The van der Waals surface area contributed by atoms with Crippen LogP contribution in [0, 0.1) is 5.92 Å². The number of rotatable bonds is 4. The molecule has 0 unspecified atom stereocenters. The van der Waals surface area contributed by atoms with Gasteiger partial charge in [0.05, 0.1) is 11.5 Å². The molecule has 0 spiro atoms. The Balaban J connectivity index is 1.79. The number of hydrogen-bond acceptors (Lipinski definition) is 2. The fraction of sp³-hybridized carbons (Fsp3) is 0.500. The van der Waals surface area contributed by atoms with E-state index in [0.717, 1.165) is 12.1 Å². The molecule has 0 heterocycles. The van der Waals surface area contributed by atoms with Crippen LogP contribution in [0.25, 0.3) is 0 Å². The molecular formula is C16H19F3N2O3. The average Bonchev–Trinajstić information content (AvgIpc) is 2.53. The van der Waals surface area contributed by atoms with Gasteiger partial charge in [0.15, 0.2) is 0 Å². The number of alkyl halides is 3. The number of carbonyl (C=O) groups excluding carboxylic acids is 1. The van der Waals surface area contributed by atoms with Crippen LogP contribution in [0.4, 0.5) is 18.0 Å². The highest BCUT2D eigenvalue weighted by molar-refractivity contribution is 5.74. The lowest BCUT2D eigenvalue weighted by Crippen LogP contribution is -2.43. The molecular weight excluding hydrogens is 325 g/mol. The Labute approximate surface area is 137 Å². The van der Waals surface area contributed by atoms with Crippen LogP contribution in [0.2, 0.25) is 0 Å². The molecule has 0 aliphatic heterocycles. The first-order valence-electron chi connectivity index (χ1n) is 7.69. The van der Waals surface area contributed by atoms with E-state index in [0.29, 0.717) is 31.2 Å². The molecule has 0 bridgehead atoms. The minimum absolute atomic E-state index is 0.0137. The van der Waals surface area contributed by atoms with E-state index in [4.69, 9.17) is 5.11 Å². The number of carboxylic acid groups (broad SMARTS) is 1. The summed E-state index contributed by atoms with van der Waals surface area (Å²) in [6.07, 6.45) is -2.25. The molecule has 1 fully saturated rings. The quantitative estimate of drug-likeness (QED) is 0.785. The van der Waals surface area contributed by atoms with E-state index >= 15 is 0 Å². The Morgan fingerprint density at radius 2 is 1.83 bits per heavy atom. The molecule has 0 saturated heterocycles. The molecule has 1 aromatic carbocycles. The van der Waals surface area contributed by atoms with Crippen molar-refractivity contribution in [2.24, 2.45) is 5.92 Å². The number of halogens is 3. The molecule has 1 aromatic rings. The van der Waals surface area contributed by atoms with Crippen LogP contribution in [-0.4, -0.2) is 23.1 Å². The zero-order valence-electron chi connectivity index (χ0n) is 12.9. The fourth-order valence-electron chi connectivity index (χ4n) is 2.76. The van der Waals surface area contributed by atoms with Gasteiger partial charge < -0.3 is 15.7 Å². The van der Waals surface area contributed by atoms with Crippen molar-refractivity contribution in [1.82, 2.24) is 10.6 Å². The third-order valence-corrected chi connectivity index (χ3v) is 4.12. The first-order chi connectivity index (χ1) is 11.3. The summed E-state index contributed by atoms with van der Waals surface area (Å²) in [6.45, 7) is -0.0137. The summed E-state index contributed by atoms with van der Waals surface area (Å²) in [5.41, 5.74) is -0.399. The van der Waals surface area contributed by atoms with Crippen molar-refractivity contribution in [3.63, 3.8) is 0 Å². The maximum atomic E-state index is 12.6. The number of nitrogens with one attached hydrogen (secondary N) is 2. The van der Waals surface area contributed by atoms with Gasteiger partial charge in [-0.05, 0) is 43.4 Å². The van der Waals surface area contributed by atoms with Crippen LogP contribution in [0.1, 0.15) is 36.8 Å². The average molecular weight is 344 g/mol. The molecule has 132 valence electrons. The number of aliphatic carboxylic acids is 1. The molecule has 2 amide bonds. The maximum absolute atomic E-state index is 12.6. The maximum Gasteiger partial charge on any atom is 0.416 e. The second-order valence-corrected chi connectivity index (χ2v) is 5.91. The summed E-state index contributed by atoms with van der Waals surface area (Å²) in [4.78, 5) is 22.7. The van der Waals surface area contributed by atoms with Crippen LogP contribution in [0.15, 0.2) is 24.3 Å². The Morgan fingerprint density at radius 3 is 2.42 bits per heavy atom. The highest BCUT2D eigenvalue weighted by atomic mass is 19.4. The summed E-state index contributed by atoms with van der Waals surface area (Å²) >= 11 is 0. The lowest BCUT2D eigenvalue weighted by Gasteiger charge is -2.26. The minimum Gasteiger partial charge on any atom is -0.481 e. The normalized spacial score (nSPS) is 21.1. The highest BCUT2D eigenvalue weighted by Crippen LogP contribution is 2.29. The molecule has 1 aliphatic rings. The Kier molecular flexibility index (Phi) is 5.69. The van der Waals surface area contributed by atoms with Crippen molar-refractivity contribution >= 4 is 12.0 Å². The molecule has 8 heteroatoms. The summed E-state index contributed by atoms with van der Waals surface area (Å²) in [7, 11) is 0. The number of urea groups is 1. The van der Waals surface area contributed by atoms with Crippen LogP contribution in [0.5, 0.6) is 0 Å². The van der Waals surface area contributed by atoms with Gasteiger partial charge in [0.1, 0.15) is 0 Å². The van der Waals surface area contributed by atoms with Crippen LogP contribution < -0.4 is 10.6 Å². The molecule has 3 N–H and O–H groups in total. The van der Waals surface area contributed by atoms with E-state index in [-0.39, 0.29) is 18.5 Å². The van der Waals surface area contributed by atoms with Gasteiger partial charge in [-0.3, -0.25) is 4.79 Å². The van der Waals surface area contributed by atoms with Gasteiger partial charge >= 0.3 is 18.2 Å². The second-order valence-electron chi connectivity index (χ2n) is 5.91. The Bertz CT molecular complexity index is 596. The largest absolute Gasteiger partial charge is 0.481 e. The topological polar surface area (TPSA) is 78.4 Å². The van der Waals surface area contributed by atoms with Crippen molar-refractivity contribution < 1.29 is 27.9 Å². The van der Waals surface area contributed by atoms with Gasteiger partial charge in [0.2, 0.25) is 0 Å². The lowest BCUT2D eigenvalue weighted by atomic mass is 9.86. The summed E-state index contributed by atoms with van der Waals surface area (Å²) in [6, 6.07) is 4.20. The smallest absolute Gasteiger partial charge is 0.416 e. The van der Waals surface area contributed by atoms with Crippen molar-refractivity contribution in [3.8, 4) is 0 Å². The first-order valence-corrected chi connectivity index (χ1v) is 7.69. The third-order valence-electron chi connectivity index (χ3n) is 4.12. The monoisotopic (exact) mass is 344 g/mol. The number of amides is 2. The molecule has 24 heavy (non-hydrogen) atoms. The van der Waals surface area contributed by atoms with Crippen LogP contribution in [0.3, 0.4) is 0 Å². The van der Waals surface area contributed by atoms with E-state index in [1.165, 1.54) is 12.1 Å². The molecule has 1 aliphatic carbocycles.